The maximum absolute atomic E-state index is 12.5. The van der Waals surface area contributed by atoms with E-state index in [0.717, 1.165) is 10.0 Å². The van der Waals surface area contributed by atoms with Gasteiger partial charge in [-0.25, -0.2) is 8.42 Å². The molecule has 0 spiro atoms. The molecule has 0 N–H and O–H groups in total. The van der Waals surface area contributed by atoms with Gasteiger partial charge in [-0.1, -0.05) is 15.9 Å². The first-order valence-electron chi connectivity index (χ1n) is 5.55. The monoisotopic (exact) mass is 343 g/mol. The van der Waals surface area contributed by atoms with E-state index in [0.29, 0.717) is 5.69 Å². The van der Waals surface area contributed by atoms with Crippen molar-refractivity contribution in [3.63, 3.8) is 0 Å². The standard InChI is InChI=1S/C12H14BrN3O2S/c1-9-4-10(13)6-12(5-9)19(17,18)16(3)11-7-14-15(2)8-11/h4-8H,1-3H3. The van der Waals surface area contributed by atoms with Gasteiger partial charge in [-0.05, 0) is 30.7 Å². The molecule has 0 aliphatic carbocycles. The van der Waals surface area contributed by atoms with Crippen molar-refractivity contribution in [3.8, 4) is 0 Å². The van der Waals surface area contributed by atoms with E-state index in [-0.39, 0.29) is 4.90 Å². The predicted octanol–water partition coefficient (Wildman–Crippen LogP) is 2.32. The summed E-state index contributed by atoms with van der Waals surface area (Å²) in [4.78, 5) is 0.255. The first kappa shape index (κ1) is 14.1. The van der Waals surface area contributed by atoms with Gasteiger partial charge in [-0.3, -0.25) is 8.99 Å². The molecular formula is C12H14BrN3O2S. The zero-order chi connectivity index (χ0) is 14.2. The van der Waals surface area contributed by atoms with Crippen LogP contribution in [0.1, 0.15) is 5.56 Å². The van der Waals surface area contributed by atoms with Crippen molar-refractivity contribution in [1.29, 1.82) is 0 Å². The Balaban J connectivity index is 2.47. The molecule has 0 saturated heterocycles. The Morgan fingerprint density at radius 2 is 2.00 bits per heavy atom. The van der Waals surface area contributed by atoms with Gasteiger partial charge >= 0.3 is 0 Å². The lowest BCUT2D eigenvalue weighted by molar-refractivity contribution is 0.594. The Morgan fingerprint density at radius 1 is 1.32 bits per heavy atom. The molecule has 5 nitrogen and oxygen atoms in total. The second kappa shape index (κ2) is 4.97. The van der Waals surface area contributed by atoms with Gasteiger partial charge in [0.25, 0.3) is 10.0 Å². The summed E-state index contributed by atoms with van der Waals surface area (Å²) in [7, 11) is -0.314. The average molecular weight is 344 g/mol. The fourth-order valence-corrected chi connectivity index (χ4v) is 3.78. The third-order valence-electron chi connectivity index (χ3n) is 2.73. The van der Waals surface area contributed by atoms with Crippen molar-refractivity contribution in [1.82, 2.24) is 9.78 Å². The van der Waals surface area contributed by atoms with Crippen LogP contribution in [0, 0.1) is 6.92 Å². The van der Waals surface area contributed by atoms with Gasteiger partial charge in [0.05, 0.1) is 16.8 Å². The Morgan fingerprint density at radius 3 is 2.53 bits per heavy atom. The number of hydrogen-bond acceptors (Lipinski definition) is 3. The number of sulfonamides is 1. The molecule has 0 amide bonds. The lowest BCUT2D eigenvalue weighted by atomic mass is 10.2. The summed E-state index contributed by atoms with van der Waals surface area (Å²) in [6.07, 6.45) is 3.17. The Bertz CT molecular complexity index is 689. The Labute approximate surface area is 121 Å². The predicted molar refractivity (Wildman–Crippen MR) is 77.7 cm³/mol. The summed E-state index contributed by atoms with van der Waals surface area (Å²) in [6.45, 7) is 1.86. The molecule has 0 fully saturated rings. The van der Waals surface area contributed by atoms with E-state index < -0.39 is 10.0 Å². The van der Waals surface area contributed by atoms with Crippen LogP contribution in [0.2, 0.25) is 0 Å². The second-order valence-corrected chi connectivity index (χ2v) is 7.19. The topological polar surface area (TPSA) is 55.2 Å². The number of nitrogens with zero attached hydrogens (tertiary/aromatic N) is 3. The number of aryl methyl sites for hydroxylation is 2. The smallest absolute Gasteiger partial charge is 0.264 e. The molecule has 19 heavy (non-hydrogen) atoms. The molecular weight excluding hydrogens is 330 g/mol. The molecule has 0 bridgehead atoms. The SMILES string of the molecule is Cc1cc(Br)cc(S(=O)(=O)N(C)c2cnn(C)c2)c1. The molecule has 2 rings (SSSR count). The molecule has 0 aliphatic heterocycles. The summed E-state index contributed by atoms with van der Waals surface area (Å²) in [5.41, 5.74) is 1.41. The highest BCUT2D eigenvalue weighted by molar-refractivity contribution is 9.10. The minimum atomic E-state index is -3.57. The minimum Gasteiger partial charge on any atom is -0.274 e. The van der Waals surface area contributed by atoms with Crippen LogP contribution < -0.4 is 4.31 Å². The zero-order valence-corrected chi connectivity index (χ0v) is 13.2. The fourth-order valence-electron chi connectivity index (χ4n) is 1.72. The molecule has 0 unspecified atom stereocenters. The molecule has 0 radical (unpaired) electrons. The molecule has 102 valence electrons. The van der Waals surface area contributed by atoms with Crippen molar-refractivity contribution in [3.05, 3.63) is 40.6 Å². The molecule has 1 aromatic heterocycles. The highest BCUT2D eigenvalue weighted by Gasteiger charge is 2.22. The third kappa shape index (κ3) is 2.82. The maximum atomic E-state index is 12.5. The highest BCUT2D eigenvalue weighted by atomic mass is 79.9. The van der Waals surface area contributed by atoms with Crippen molar-refractivity contribution < 1.29 is 8.42 Å². The lowest BCUT2D eigenvalue weighted by Gasteiger charge is -2.17. The second-order valence-electron chi connectivity index (χ2n) is 4.31. The van der Waals surface area contributed by atoms with Gasteiger partial charge in [0.15, 0.2) is 0 Å². The van der Waals surface area contributed by atoms with E-state index in [1.807, 2.05) is 13.0 Å². The van der Waals surface area contributed by atoms with Crippen molar-refractivity contribution in [2.45, 2.75) is 11.8 Å². The zero-order valence-electron chi connectivity index (χ0n) is 10.8. The number of rotatable bonds is 3. The van der Waals surface area contributed by atoms with Crippen LogP contribution in [-0.2, 0) is 17.1 Å². The molecule has 0 aliphatic rings. The largest absolute Gasteiger partial charge is 0.274 e. The molecule has 7 heteroatoms. The number of benzene rings is 1. The Kier molecular flexibility index (Phi) is 3.69. The lowest BCUT2D eigenvalue weighted by Crippen LogP contribution is -2.26. The van der Waals surface area contributed by atoms with Gasteiger partial charge in [0.1, 0.15) is 0 Å². The molecule has 0 atom stereocenters. The van der Waals surface area contributed by atoms with Gasteiger partial charge in [-0.2, -0.15) is 5.10 Å². The average Bonchev–Trinajstić information content (AvgIpc) is 2.73. The molecule has 2 aromatic rings. The maximum Gasteiger partial charge on any atom is 0.264 e. The van der Waals surface area contributed by atoms with Crippen LogP contribution in [-0.4, -0.2) is 25.2 Å². The van der Waals surface area contributed by atoms with E-state index in [1.165, 1.54) is 17.5 Å². The van der Waals surface area contributed by atoms with Crippen molar-refractivity contribution in [2.24, 2.45) is 7.05 Å². The first-order valence-corrected chi connectivity index (χ1v) is 7.79. The Hall–Kier alpha value is -1.34. The van der Waals surface area contributed by atoms with Crippen molar-refractivity contribution >= 4 is 31.6 Å². The van der Waals surface area contributed by atoms with Gasteiger partial charge in [0.2, 0.25) is 0 Å². The summed E-state index contributed by atoms with van der Waals surface area (Å²) in [5, 5.41) is 3.98. The van der Waals surface area contributed by atoms with E-state index >= 15 is 0 Å². The van der Waals surface area contributed by atoms with Gasteiger partial charge in [-0.15, -0.1) is 0 Å². The summed E-state index contributed by atoms with van der Waals surface area (Å²) in [6, 6.07) is 5.10. The van der Waals surface area contributed by atoms with Crippen LogP contribution in [0.5, 0.6) is 0 Å². The quantitative estimate of drug-likeness (QED) is 0.859. The summed E-state index contributed by atoms with van der Waals surface area (Å²) < 4.78 is 28.6. The van der Waals surface area contributed by atoms with E-state index in [4.69, 9.17) is 0 Å². The number of halogens is 1. The van der Waals surface area contributed by atoms with Crippen LogP contribution in [0.15, 0.2) is 40.0 Å². The van der Waals surface area contributed by atoms with E-state index in [2.05, 4.69) is 21.0 Å². The number of anilines is 1. The van der Waals surface area contributed by atoms with Gasteiger partial charge < -0.3 is 0 Å². The van der Waals surface area contributed by atoms with Crippen LogP contribution >= 0.6 is 15.9 Å². The summed E-state index contributed by atoms with van der Waals surface area (Å²) >= 11 is 3.32. The van der Waals surface area contributed by atoms with Gasteiger partial charge in [0, 0.05) is 24.8 Å². The third-order valence-corrected chi connectivity index (χ3v) is 4.95. The van der Waals surface area contributed by atoms with Crippen LogP contribution in [0.4, 0.5) is 5.69 Å². The summed E-state index contributed by atoms with van der Waals surface area (Å²) in [5.74, 6) is 0. The van der Waals surface area contributed by atoms with Crippen LogP contribution in [0.25, 0.3) is 0 Å². The van der Waals surface area contributed by atoms with E-state index in [1.54, 1.807) is 30.1 Å². The number of hydrogen-bond donors (Lipinski definition) is 0. The minimum absolute atomic E-state index is 0.255. The van der Waals surface area contributed by atoms with Crippen LogP contribution in [0.3, 0.4) is 0 Å². The first-order chi connectivity index (χ1) is 8.80. The molecule has 1 heterocycles. The number of aromatic nitrogens is 2. The highest BCUT2D eigenvalue weighted by Crippen LogP contribution is 2.24. The van der Waals surface area contributed by atoms with Crippen molar-refractivity contribution in [2.75, 3.05) is 11.4 Å². The fraction of sp³-hybridized carbons (Fsp3) is 0.250. The normalized spacial score (nSPS) is 11.6. The van der Waals surface area contributed by atoms with E-state index in [9.17, 15) is 8.42 Å². The molecule has 0 saturated carbocycles. The molecule has 1 aromatic carbocycles.